The summed E-state index contributed by atoms with van der Waals surface area (Å²) in [5.41, 5.74) is 0.337. The first kappa shape index (κ1) is 12.2. The number of carbonyl (C=O) groups is 1. The van der Waals surface area contributed by atoms with Gasteiger partial charge in [-0.3, -0.25) is 4.79 Å². The maximum atomic E-state index is 12.2. The molecule has 1 unspecified atom stereocenters. The maximum absolute atomic E-state index is 12.2. The minimum absolute atomic E-state index is 0.0410. The number of benzene rings is 1. The van der Waals surface area contributed by atoms with E-state index < -0.39 is 0 Å². The third-order valence-corrected chi connectivity index (χ3v) is 3.37. The van der Waals surface area contributed by atoms with Crippen molar-refractivity contribution in [3.05, 3.63) is 28.8 Å². The SMILES string of the molecule is CC1CCCN(C(=O)c2ccc(Cl)cc2O)C1. The maximum Gasteiger partial charge on any atom is 0.257 e. The van der Waals surface area contributed by atoms with Gasteiger partial charge in [0.1, 0.15) is 5.75 Å². The molecule has 0 bridgehead atoms. The molecule has 1 heterocycles. The molecule has 2 rings (SSSR count). The Balaban J connectivity index is 2.18. The smallest absolute Gasteiger partial charge is 0.257 e. The highest BCUT2D eigenvalue weighted by molar-refractivity contribution is 6.30. The summed E-state index contributed by atoms with van der Waals surface area (Å²) in [4.78, 5) is 14.0. The molecular formula is C13H16ClNO2. The van der Waals surface area contributed by atoms with Gasteiger partial charge in [0.2, 0.25) is 0 Å². The van der Waals surface area contributed by atoms with Gasteiger partial charge in [-0.1, -0.05) is 18.5 Å². The molecule has 1 aliphatic heterocycles. The molecule has 3 nitrogen and oxygen atoms in total. The van der Waals surface area contributed by atoms with E-state index in [4.69, 9.17) is 11.6 Å². The molecule has 1 saturated heterocycles. The predicted molar refractivity (Wildman–Crippen MR) is 67.4 cm³/mol. The van der Waals surface area contributed by atoms with Crippen LogP contribution in [0, 0.1) is 5.92 Å². The highest BCUT2D eigenvalue weighted by Gasteiger charge is 2.23. The first-order chi connectivity index (χ1) is 8.08. The molecular weight excluding hydrogens is 238 g/mol. The van der Waals surface area contributed by atoms with Gasteiger partial charge in [0, 0.05) is 18.1 Å². The first-order valence-electron chi connectivity index (χ1n) is 5.85. The van der Waals surface area contributed by atoms with Gasteiger partial charge in [-0.15, -0.1) is 0 Å². The van der Waals surface area contributed by atoms with Crippen molar-refractivity contribution in [1.29, 1.82) is 0 Å². The third kappa shape index (κ3) is 2.72. The van der Waals surface area contributed by atoms with E-state index in [1.807, 2.05) is 0 Å². The lowest BCUT2D eigenvalue weighted by molar-refractivity contribution is 0.0680. The summed E-state index contributed by atoms with van der Waals surface area (Å²) in [5.74, 6) is 0.383. The van der Waals surface area contributed by atoms with Crippen LogP contribution in [0.5, 0.6) is 5.75 Å². The van der Waals surface area contributed by atoms with E-state index in [0.29, 0.717) is 16.5 Å². The molecule has 1 aliphatic rings. The van der Waals surface area contributed by atoms with Crippen LogP contribution in [0.2, 0.25) is 5.02 Å². The van der Waals surface area contributed by atoms with Gasteiger partial charge in [0.15, 0.2) is 0 Å². The highest BCUT2D eigenvalue weighted by atomic mass is 35.5. The highest BCUT2D eigenvalue weighted by Crippen LogP contribution is 2.25. The monoisotopic (exact) mass is 253 g/mol. The van der Waals surface area contributed by atoms with Gasteiger partial charge in [-0.2, -0.15) is 0 Å². The van der Waals surface area contributed by atoms with Crippen LogP contribution >= 0.6 is 11.6 Å². The van der Waals surface area contributed by atoms with Crippen molar-refractivity contribution in [2.75, 3.05) is 13.1 Å². The molecule has 1 fully saturated rings. The van der Waals surface area contributed by atoms with E-state index in [9.17, 15) is 9.90 Å². The Morgan fingerprint density at radius 1 is 1.53 bits per heavy atom. The number of rotatable bonds is 1. The molecule has 4 heteroatoms. The minimum atomic E-state index is -0.106. The molecule has 17 heavy (non-hydrogen) atoms. The van der Waals surface area contributed by atoms with Gasteiger partial charge < -0.3 is 10.0 Å². The van der Waals surface area contributed by atoms with Crippen LogP contribution < -0.4 is 0 Å². The zero-order chi connectivity index (χ0) is 12.4. The van der Waals surface area contributed by atoms with Gasteiger partial charge in [-0.25, -0.2) is 0 Å². The Labute approximate surface area is 106 Å². The average Bonchev–Trinajstić information content (AvgIpc) is 2.28. The Kier molecular flexibility index (Phi) is 3.57. The van der Waals surface area contributed by atoms with Crippen LogP contribution in [0.3, 0.4) is 0 Å². The molecule has 1 aromatic carbocycles. The summed E-state index contributed by atoms with van der Waals surface area (Å²) in [7, 11) is 0. The van der Waals surface area contributed by atoms with Crippen LogP contribution in [0.1, 0.15) is 30.1 Å². The Bertz CT molecular complexity index is 433. The second-order valence-electron chi connectivity index (χ2n) is 4.66. The van der Waals surface area contributed by atoms with E-state index in [1.165, 1.54) is 6.07 Å². The fourth-order valence-electron chi connectivity index (χ4n) is 2.23. The molecule has 1 aromatic rings. The largest absolute Gasteiger partial charge is 0.507 e. The number of amides is 1. The summed E-state index contributed by atoms with van der Waals surface area (Å²) in [6.07, 6.45) is 2.19. The van der Waals surface area contributed by atoms with Crippen molar-refractivity contribution in [2.45, 2.75) is 19.8 Å². The Morgan fingerprint density at radius 3 is 2.94 bits per heavy atom. The lowest BCUT2D eigenvalue weighted by Gasteiger charge is -2.31. The normalized spacial score (nSPS) is 20.4. The lowest BCUT2D eigenvalue weighted by Crippen LogP contribution is -2.39. The zero-order valence-corrected chi connectivity index (χ0v) is 10.6. The molecule has 1 N–H and O–H groups in total. The van der Waals surface area contributed by atoms with Crippen molar-refractivity contribution in [3.8, 4) is 5.75 Å². The van der Waals surface area contributed by atoms with E-state index in [2.05, 4.69) is 6.92 Å². The van der Waals surface area contributed by atoms with Crippen molar-refractivity contribution >= 4 is 17.5 Å². The number of likely N-dealkylation sites (tertiary alicyclic amines) is 1. The van der Waals surface area contributed by atoms with Crippen molar-refractivity contribution in [1.82, 2.24) is 4.90 Å². The van der Waals surface area contributed by atoms with Gasteiger partial charge in [-0.05, 0) is 37.0 Å². The number of aromatic hydroxyl groups is 1. The van der Waals surface area contributed by atoms with Crippen LogP contribution in [0.25, 0.3) is 0 Å². The number of hydrogen-bond acceptors (Lipinski definition) is 2. The summed E-state index contributed by atoms with van der Waals surface area (Å²) in [5, 5.41) is 10.2. The third-order valence-electron chi connectivity index (χ3n) is 3.13. The fraction of sp³-hybridized carbons (Fsp3) is 0.462. The second kappa shape index (κ2) is 4.96. The van der Waals surface area contributed by atoms with Gasteiger partial charge >= 0.3 is 0 Å². The number of nitrogens with zero attached hydrogens (tertiary/aromatic N) is 1. The Hall–Kier alpha value is -1.22. The molecule has 92 valence electrons. The molecule has 1 amide bonds. The molecule has 1 atom stereocenters. The zero-order valence-electron chi connectivity index (χ0n) is 9.82. The number of carbonyl (C=O) groups excluding carboxylic acids is 1. The summed E-state index contributed by atoms with van der Waals surface area (Å²) < 4.78 is 0. The molecule has 0 radical (unpaired) electrons. The standard InChI is InChI=1S/C13H16ClNO2/c1-9-3-2-6-15(8-9)13(17)11-5-4-10(14)7-12(11)16/h4-5,7,9,16H,2-3,6,8H2,1H3. The number of hydrogen-bond donors (Lipinski definition) is 1. The van der Waals surface area contributed by atoms with Crippen LogP contribution in [0.15, 0.2) is 18.2 Å². The number of piperidine rings is 1. The fourth-order valence-corrected chi connectivity index (χ4v) is 2.40. The van der Waals surface area contributed by atoms with E-state index in [0.717, 1.165) is 25.9 Å². The van der Waals surface area contributed by atoms with E-state index >= 15 is 0 Å². The Morgan fingerprint density at radius 2 is 2.29 bits per heavy atom. The topological polar surface area (TPSA) is 40.5 Å². The molecule has 0 aromatic heterocycles. The van der Waals surface area contributed by atoms with Crippen LogP contribution in [0.4, 0.5) is 0 Å². The molecule has 0 saturated carbocycles. The van der Waals surface area contributed by atoms with E-state index in [1.54, 1.807) is 17.0 Å². The lowest BCUT2D eigenvalue weighted by atomic mass is 9.99. The van der Waals surface area contributed by atoms with E-state index in [-0.39, 0.29) is 11.7 Å². The number of phenolic OH excluding ortho intramolecular Hbond substituents is 1. The molecule has 0 aliphatic carbocycles. The van der Waals surface area contributed by atoms with Gasteiger partial charge in [0.05, 0.1) is 5.56 Å². The van der Waals surface area contributed by atoms with Crippen LogP contribution in [-0.2, 0) is 0 Å². The summed E-state index contributed by atoms with van der Waals surface area (Å²) in [6.45, 7) is 3.67. The molecule has 0 spiro atoms. The average molecular weight is 254 g/mol. The second-order valence-corrected chi connectivity index (χ2v) is 5.10. The van der Waals surface area contributed by atoms with Gasteiger partial charge in [0.25, 0.3) is 5.91 Å². The summed E-state index contributed by atoms with van der Waals surface area (Å²) in [6, 6.07) is 4.61. The quantitative estimate of drug-likeness (QED) is 0.836. The van der Waals surface area contributed by atoms with Crippen molar-refractivity contribution in [2.24, 2.45) is 5.92 Å². The van der Waals surface area contributed by atoms with Crippen molar-refractivity contribution < 1.29 is 9.90 Å². The first-order valence-corrected chi connectivity index (χ1v) is 6.23. The number of halogens is 1. The summed E-state index contributed by atoms with van der Waals surface area (Å²) >= 11 is 5.75. The van der Waals surface area contributed by atoms with Crippen molar-refractivity contribution in [3.63, 3.8) is 0 Å². The minimum Gasteiger partial charge on any atom is -0.507 e. The predicted octanol–water partition coefficient (Wildman–Crippen LogP) is 2.92. The van der Waals surface area contributed by atoms with Crippen LogP contribution in [-0.4, -0.2) is 29.0 Å². The number of phenols is 1.